The number of carbonyl (C=O) groups excluding carboxylic acids is 1. The molecule has 1 unspecified atom stereocenters. The fourth-order valence-electron chi connectivity index (χ4n) is 4.07. The molecule has 1 saturated heterocycles. The molecule has 0 aliphatic carbocycles. The number of anilines is 2. The van der Waals surface area contributed by atoms with Gasteiger partial charge in [0.15, 0.2) is 0 Å². The van der Waals surface area contributed by atoms with E-state index in [2.05, 4.69) is 51.3 Å². The third-order valence-electron chi connectivity index (χ3n) is 5.78. The topological polar surface area (TPSA) is 113 Å². The molecule has 31 heavy (non-hydrogen) atoms. The number of hydrogen-bond donors (Lipinski definition) is 4. The number of pyridine rings is 1. The number of rotatable bonds is 5. The van der Waals surface area contributed by atoms with Crippen molar-refractivity contribution < 1.29 is 4.79 Å². The molecule has 1 amide bonds. The Morgan fingerprint density at radius 1 is 1.39 bits per heavy atom. The Morgan fingerprint density at radius 3 is 2.81 bits per heavy atom. The molecule has 2 aliphatic rings. The summed E-state index contributed by atoms with van der Waals surface area (Å²) >= 11 is 0. The molecule has 9 heteroatoms. The number of guanidine groups is 1. The molecular weight excluding hydrogens is 392 g/mol. The van der Waals surface area contributed by atoms with Crippen molar-refractivity contribution in [3.05, 3.63) is 42.2 Å². The van der Waals surface area contributed by atoms with E-state index in [1.807, 2.05) is 29.0 Å². The monoisotopic (exact) mass is 422 g/mol. The van der Waals surface area contributed by atoms with Crippen LogP contribution in [0.25, 0.3) is 6.08 Å². The third-order valence-corrected chi connectivity index (χ3v) is 5.78. The fraction of sp³-hybridized carbons (Fsp3) is 0.409. The highest BCUT2D eigenvalue weighted by molar-refractivity contribution is 5.97. The standard InChI is InChI=1S/C22H30N8O/c1-4-15-11-17-21(31)26-13-18(14(2)3)30(17)20(15)28-22(23)27-19-6-5-16(12-25-19)29-9-7-24-8-10-29/h4-6,11-12,14,18,24H,1,7-10,13H2,2-3H3,(H,26,31)(H3,23,25,27,28). The average molecular weight is 423 g/mol. The zero-order valence-electron chi connectivity index (χ0n) is 18.1. The number of nitrogens with two attached hydrogens (primary N) is 1. The maximum absolute atomic E-state index is 12.4. The molecule has 0 aromatic carbocycles. The number of hydrogen-bond acceptors (Lipinski definition) is 5. The van der Waals surface area contributed by atoms with E-state index in [0.717, 1.165) is 37.4 Å². The molecule has 0 saturated carbocycles. The number of amides is 1. The molecule has 4 rings (SSSR count). The van der Waals surface area contributed by atoms with Crippen molar-refractivity contribution in [3.8, 4) is 0 Å². The summed E-state index contributed by atoms with van der Waals surface area (Å²) < 4.78 is 1.97. The first kappa shape index (κ1) is 20.9. The lowest BCUT2D eigenvalue weighted by atomic mass is 10.0. The summed E-state index contributed by atoms with van der Waals surface area (Å²) in [7, 11) is 0. The Morgan fingerprint density at radius 2 is 2.16 bits per heavy atom. The van der Waals surface area contributed by atoms with Crippen LogP contribution in [0.15, 0.2) is 36.0 Å². The Labute approximate surface area is 182 Å². The number of fused-ring (bicyclic) bond motifs is 1. The normalized spacial score (nSPS) is 19.2. The third kappa shape index (κ3) is 4.27. The van der Waals surface area contributed by atoms with Crippen LogP contribution in [-0.4, -0.2) is 54.1 Å². The second-order valence-electron chi connectivity index (χ2n) is 8.16. The van der Waals surface area contributed by atoms with Gasteiger partial charge in [0.1, 0.15) is 17.3 Å². The molecule has 164 valence electrons. The highest BCUT2D eigenvalue weighted by Crippen LogP contribution is 2.34. The molecule has 9 nitrogen and oxygen atoms in total. The summed E-state index contributed by atoms with van der Waals surface area (Å²) in [6.45, 7) is 12.6. The Hall–Kier alpha value is -3.33. The lowest BCUT2D eigenvalue weighted by Crippen LogP contribution is -2.43. The first-order valence-corrected chi connectivity index (χ1v) is 10.7. The van der Waals surface area contributed by atoms with Gasteiger partial charge in [-0.1, -0.05) is 26.5 Å². The second-order valence-corrected chi connectivity index (χ2v) is 8.16. The van der Waals surface area contributed by atoms with Crippen molar-refractivity contribution in [2.75, 3.05) is 42.9 Å². The maximum Gasteiger partial charge on any atom is 0.268 e. The van der Waals surface area contributed by atoms with Crippen LogP contribution in [0.1, 0.15) is 35.9 Å². The molecule has 5 N–H and O–H groups in total. The minimum Gasteiger partial charge on any atom is -0.369 e. The van der Waals surface area contributed by atoms with Gasteiger partial charge in [-0.05, 0) is 24.1 Å². The van der Waals surface area contributed by atoms with Crippen molar-refractivity contribution in [2.24, 2.45) is 16.6 Å². The second kappa shape index (κ2) is 8.81. The highest BCUT2D eigenvalue weighted by atomic mass is 16.2. The molecular formula is C22H30N8O. The molecule has 2 aromatic heterocycles. The molecule has 0 bridgehead atoms. The molecule has 0 radical (unpaired) electrons. The van der Waals surface area contributed by atoms with Gasteiger partial charge < -0.3 is 31.2 Å². The minimum absolute atomic E-state index is 0.0874. The largest absolute Gasteiger partial charge is 0.369 e. The van der Waals surface area contributed by atoms with Crippen LogP contribution >= 0.6 is 0 Å². The van der Waals surface area contributed by atoms with Crippen LogP contribution < -0.4 is 26.6 Å². The number of aliphatic imine (C=N–C) groups is 1. The van der Waals surface area contributed by atoms with Gasteiger partial charge in [0.25, 0.3) is 5.91 Å². The number of nitrogens with one attached hydrogen (secondary N) is 3. The van der Waals surface area contributed by atoms with E-state index >= 15 is 0 Å². The summed E-state index contributed by atoms with van der Waals surface area (Å²) in [6.07, 6.45) is 3.54. The van der Waals surface area contributed by atoms with Gasteiger partial charge in [0, 0.05) is 38.3 Å². The maximum atomic E-state index is 12.4. The molecule has 1 fully saturated rings. The molecule has 1 atom stereocenters. The SMILES string of the molecule is C=Cc1cc2n(c1N=C(N)Nc1ccc(N3CCNCC3)cn1)C(C(C)C)CNC2=O. The molecule has 0 spiro atoms. The first-order valence-electron chi connectivity index (χ1n) is 10.7. The fourth-order valence-corrected chi connectivity index (χ4v) is 4.07. The predicted octanol–water partition coefficient (Wildman–Crippen LogP) is 1.93. The van der Waals surface area contributed by atoms with Crippen LogP contribution in [-0.2, 0) is 0 Å². The van der Waals surface area contributed by atoms with E-state index in [1.165, 1.54) is 0 Å². The van der Waals surface area contributed by atoms with Gasteiger partial charge in [-0.2, -0.15) is 4.99 Å². The van der Waals surface area contributed by atoms with Gasteiger partial charge in [0.05, 0.1) is 17.9 Å². The van der Waals surface area contributed by atoms with Crippen LogP contribution in [0.2, 0.25) is 0 Å². The Balaban J connectivity index is 1.58. The molecule has 2 aliphatic heterocycles. The van der Waals surface area contributed by atoms with E-state index in [1.54, 1.807) is 6.08 Å². The molecule has 2 aromatic rings. The van der Waals surface area contributed by atoms with E-state index in [-0.39, 0.29) is 17.9 Å². The lowest BCUT2D eigenvalue weighted by molar-refractivity contribution is 0.0906. The van der Waals surface area contributed by atoms with Gasteiger partial charge in [0.2, 0.25) is 5.96 Å². The van der Waals surface area contributed by atoms with Gasteiger partial charge in [-0.25, -0.2) is 4.98 Å². The van der Waals surface area contributed by atoms with E-state index in [4.69, 9.17) is 5.73 Å². The number of carbonyl (C=O) groups is 1. The van der Waals surface area contributed by atoms with Crippen molar-refractivity contribution in [3.63, 3.8) is 0 Å². The van der Waals surface area contributed by atoms with Crippen LogP contribution in [0, 0.1) is 5.92 Å². The zero-order chi connectivity index (χ0) is 22.0. The minimum atomic E-state index is -0.113. The summed E-state index contributed by atoms with van der Waals surface area (Å²) in [5, 5.41) is 9.36. The van der Waals surface area contributed by atoms with Crippen LogP contribution in [0.4, 0.5) is 17.3 Å². The van der Waals surface area contributed by atoms with Crippen molar-refractivity contribution >= 4 is 35.3 Å². The number of piperazine rings is 1. The predicted molar refractivity (Wildman–Crippen MR) is 125 cm³/mol. The van der Waals surface area contributed by atoms with Gasteiger partial charge in [-0.3, -0.25) is 4.79 Å². The van der Waals surface area contributed by atoms with Gasteiger partial charge >= 0.3 is 0 Å². The van der Waals surface area contributed by atoms with Crippen LogP contribution in [0.5, 0.6) is 0 Å². The van der Waals surface area contributed by atoms with Gasteiger partial charge in [-0.15, -0.1) is 0 Å². The average Bonchev–Trinajstić information content (AvgIpc) is 3.14. The Kier molecular flexibility index (Phi) is 5.94. The molecule has 4 heterocycles. The van der Waals surface area contributed by atoms with Crippen molar-refractivity contribution in [1.82, 2.24) is 20.2 Å². The quantitative estimate of drug-likeness (QED) is 0.433. The van der Waals surface area contributed by atoms with E-state index in [0.29, 0.717) is 29.8 Å². The lowest BCUT2D eigenvalue weighted by Gasteiger charge is -2.30. The summed E-state index contributed by atoms with van der Waals surface area (Å²) in [6, 6.07) is 5.82. The number of aromatic nitrogens is 2. The highest BCUT2D eigenvalue weighted by Gasteiger charge is 2.31. The first-order chi connectivity index (χ1) is 15.0. The number of nitrogens with zero attached hydrogens (tertiary/aromatic N) is 4. The summed E-state index contributed by atoms with van der Waals surface area (Å²) in [4.78, 5) is 23.8. The van der Waals surface area contributed by atoms with E-state index in [9.17, 15) is 4.79 Å². The smallest absolute Gasteiger partial charge is 0.268 e. The van der Waals surface area contributed by atoms with E-state index < -0.39 is 0 Å². The van der Waals surface area contributed by atoms with Crippen molar-refractivity contribution in [2.45, 2.75) is 19.9 Å². The zero-order valence-corrected chi connectivity index (χ0v) is 18.1. The van der Waals surface area contributed by atoms with Crippen molar-refractivity contribution in [1.29, 1.82) is 0 Å². The Bertz CT molecular complexity index is 986. The van der Waals surface area contributed by atoms with Crippen LogP contribution in [0.3, 0.4) is 0 Å². The summed E-state index contributed by atoms with van der Waals surface area (Å²) in [5.74, 6) is 1.65. The summed E-state index contributed by atoms with van der Waals surface area (Å²) in [5.41, 5.74) is 8.65.